The van der Waals surface area contributed by atoms with Gasteiger partial charge in [-0.15, -0.1) is 12.4 Å². The molecule has 2 N–H and O–H groups in total. The van der Waals surface area contributed by atoms with E-state index >= 15 is 0 Å². The first kappa shape index (κ1) is 15.4. The van der Waals surface area contributed by atoms with Gasteiger partial charge in [0.2, 0.25) is 0 Å². The summed E-state index contributed by atoms with van der Waals surface area (Å²) in [4.78, 5) is 0. The van der Waals surface area contributed by atoms with Crippen LogP contribution in [0.25, 0.3) is 10.8 Å². The van der Waals surface area contributed by atoms with Gasteiger partial charge in [0.25, 0.3) is 0 Å². The average Bonchev–Trinajstić information content (AvgIpc) is 2.53. The molecule has 0 fully saturated rings. The van der Waals surface area contributed by atoms with Crippen LogP contribution in [0, 0.1) is 0 Å². The van der Waals surface area contributed by atoms with Crippen molar-refractivity contribution in [3.63, 3.8) is 0 Å². The van der Waals surface area contributed by atoms with E-state index in [0.717, 1.165) is 16.7 Å². The molecule has 3 rings (SSSR count). The Morgan fingerprint density at radius 2 is 1.48 bits per heavy atom. The summed E-state index contributed by atoms with van der Waals surface area (Å²) in [6.45, 7) is 0.470. The van der Waals surface area contributed by atoms with E-state index in [4.69, 9.17) is 10.5 Å². The zero-order chi connectivity index (χ0) is 13.8. The van der Waals surface area contributed by atoms with Crippen LogP contribution >= 0.6 is 12.4 Å². The molecule has 0 aliphatic carbocycles. The average molecular weight is 300 g/mol. The Morgan fingerprint density at radius 1 is 0.810 bits per heavy atom. The fraction of sp³-hybridized carbons (Fsp3) is 0.111. The molecule has 0 bridgehead atoms. The third-order valence-corrected chi connectivity index (χ3v) is 3.40. The zero-order valence-corrected chi connectivity index (χ0v) is 12.4. The quantitative estimate of drug-likeness (QED) is 0.778. The van der Waals surface area contributed by atoms with E-state index < -0.39 is 0 Å². The molecule has 1 atom stereocenters. The summed E-state index contributed by atoms with van der Waals surface area (Å²) in [5.74, 6) is 0.884. The van der Waals surface area contributed by atoms with E-state index in [0.29, 0.717) is 6.61 Å². The van der Waals surface area contributed by atoms with Crippen LogP contribution in [0.5, 0.6) is 5.75 Å². The summed E-state index contributed by atoms with van der Waals surface area (Å²) in [7, 11) is 0. The topological polar surface area (TPSA) is 35.2 Å². The van der Waals surface area contributed by atoms with Gasteiger partial charge >= 0.3 is 0 Å². The lowest BCUT2D eigenvalue weighted by Gasteiger charge is -2.14. The van der Waals surface area contributed by atoms with Gasteiger partial charge in [-0.2, -0.15) is 0 Å². The van der Waals surface area contributed by atoms with E-state index in [1.54, 1.807) is 0 Å². The maximum atomic E-state index is 6.16. The fourth-order valence-electron chi connectivity index (χ4n) is 2.30. The van der Waals surface area contributed by atoms with E-state index in [2.05, 4.69) is 18.2 Å². The first-order chi connectivity index (χ1) is 9.84. The number of rotatable bonds is 4. The number of fused-ring (bicyclic) bond motifs is 1. The largest absolute Gasteiger partial charge is 0.491 e. The molecule has 21 heavy (non-hydrogen) atoms. The third-order valence-electron chi connectivity index (χ3n) is 3.40. The van der Waals surface area contributed by atoms with Gasteiger partial charge in [-0.1, -0.05) is 66.7 Å². The number of halogens is 1. The third kappa shape index (κ3) is 3.54. The lowest BCUT2D eigenvalue weighted by atomic mass is 10.1. The van der Waals surface area contributed by atoms with Crippen LogP contribution in [0.3, 0.4) is 0 Å². The SMILES string of the molecule is Cl.NC(COc1cccc2ccccc12)c1ccccc1. The maximum absolute atomic E-state index is 6.16. The smallest absolute Gasteiger partial charge is 0.127 e. The Labute approximate surface area is 131 Å². The summed E-state index contributed by atoms with van der Waals surface area (Å²) in [5.41, 5.74) is 7.25. The molecule has 0 radical (unpaired) electrons. The molecule has 0 aliphatic heterocycles. The van der Waals surface area contributed by atoms with Crippen LogP contribution in [0.2, 0.25) is 0 Å². The minimum Gasteiger partial charge on any atom is -0.491 e. The Kier molecular flexibility index (Phi) is 5.20. The van der Waals surface area contributed by atoms with Crippen molar-refractivity contribution in [2.45, 2.75) is 6.04 Å². The highest BCUT2D eigenvalue weighted by atomic mass is 35.5. The molecule has 0 saturated heterocycles. The Hall–Kier alpha value is -2.03. The second-order valence-electron chi connectivity index (χ2n) is 4.81. The molecule has 108 valence electrons. The zero-order valence-electron chi connectivity index (χ0n) is 11.6. The number of hydrogen-bond donors (Lipinski definition) is 1. The Morgan fingerprint density at radius 3 is 2.29 bits per heavy atom. The molecule has 0 aliphatic rings. The molecule has 0 heterocycles. The molecule has 1 unspecified atom stereocenters. The molecule has 0 saturated carbocycles. The van der Waals surface area contributed by atoms with Crippen molar-refractivity contribution in [3.8, 4) is 5.75 Å². The summed E-state index contributed by atoms with van der Waals surface area (Å²) < 4.78 is 5.91. The van der Waals surface area contributed by atoms with Gasteiger partial charge in [-0.3, -0.25) is 0 Å². The van der Waals surface area contributed by atoms with E-state index in [-0.39, 0.29) is 18.4 Å². The maximum Gasteiger partial charge on any atom is 0.127 e. The van der Waals surface area contributed by atoms with Gasteiger partial charge in [0, 0.05) is 5.39 Å². The number of hydrogen-bond acceptors (Lipinski definition) is 2. The van der Waals surface area contributed by atoms with Crippen LogP contribution < -0.4 is 10.5 Å². The normalized spacial score (nSPS) is 11.7. The van der Waals surface area contributed by atoms with E-state index in [1.807, 2.05) is 54.6 Å². The van der Waals surface area contributed by atoms with Gasteiger partial charge in [-0.25, -0.2) is 0 Å². The second kappa shape index (κ2) is 7.11. The number of ether oxygens (including phenoxy) is 1. The monoisotopic (exact) mass is 299 g/mol. The first-order valence-corrected chi connectivity index (χ1v) is 6.76. The van der Waals surface area contributed by atoms with Crippen molar-refractivity contribution >= 4 is 23.2 Å². The molecule has 0 amide bonds. The summed E-state index contributed by atoms with van der Waals surface area (Å²) in [6, 6.07) is 24.2. The lowest BCUT2D eigenvalue weighted by Crippen LogP contribution is -2.18. The predicted octanol–water partition coefficient (Wildman–Crippen LogP) is 4.34. The van der Waals surface area contributed by atoms with Gasteiger partial charge in [0.15, 0.2) is 0 Å². The molecule has 0 spiro atoms. The van der Waals surface area contributed by atoms with Crippen molar-refractivity contribution in [2.75, 3.05) is 6.61 Å². The van der Waals surface area contributed by atoms with Crippen LogP contribution in [-0.4, -0.2) is 6.61 Å². The predicted molar refractivity (Wildman–Crippen MR) is 90.1 cm³/mol. The van der Waals surface area contributed by atoms with E-state index in [9.17, 15) is 0 Å². The number of benzene rings is 3. The molecule has 3 aromatic rings. The van der Waals surface area contributed by atoms with E-state index in [1.165, 1.54) is 5.39 Å². The van der Waals surface area contributed by atoms with Crippen molar-refractivity contribution in [1.29, 1.82) is 0 Å². The van der Waals surface area contributed by atoms with Crippen LogP contribution in [0.4, 0.5) is 0 Å². The summed E-state index contributed by atoms with van der Waals surface area (Å²) in [5, 5.41) is 2.30. The Balaban J connectivity index is 0.00000161. The highest BCUT2D eigenvalue weighted by Gasteiger charge is 2.07. The standard InChI is InChI=1S/C18H17NO.ClH/c19-17(15-8-2-1-3-9-15)13-20-18-12-6-10-14-7-4-5-11-16(14)18;/h1-12,17H,13,19H2;1H. The molecule has 3 aromatic carbocycles. The molecular weight excluding hydrogens is 282 g/mol. The van der Waals surface area contributed by atoms with Gasteiger partial charge in [0.05, 0.1) is 6.04 Å². The minimum absolute atomic E-state index is 0. The van der Waals surface area contributed by atoms with Crippen molar-refractivity contribution in [2.24, 2.45) is 5.73 Å². The highest BCUT2D eigenvalue weighted by Crippen LogP contribution is 2.25. The fourth-order valence-corrected chi connectivity index (χ4v) is 2.30. The minimum atomic E-state index is -0.116. The van der Waals surface area contributed by atoms with Crippen molar-refractivity contribution in [1.82, 2.24) is 0 Å². The number of nitrogens with two attached hydrogens (primary N) is 1. The van der Waals surface area contributed by atoms with Gasteiger partial charge in [-0.05, 0) is 17.0 Å². The summed E-state index contributed by atoms with van der Waals surface area (Å²) in [6.07, 6.45) is 0. The van der Waals surface area contributed by atoms with Crippen molar-refractivity contribution in [3.05, 3.63) is 78.4 Å². The van der Waals surface area contributed by atoms with Gasteiger partial charge in [0.1, 0.15) is 12.4 Å². The van der Waals surface area contributed by atoms with Crippen LogP contribution in [0.1, 0.15) is 11.6 Å². The van der Waals surface area contributed by atoms with Crippen LogP contribution in [-0.2, 0) is 0 Å². The lowest BCUT2D eigenvalue weighted by molar-refractivity contribution is 0.294. The van der Waals surface area contributed by atoms with Crippen molar-refractivity contribution < 1.29 is 4.74 Å². The molecule has 0 aromatic heterocycles. The second-order valence-corrected chi connectivity index (χ2v) is 4.81. The Bertz CT molecular complexity index is 694. The first-order valence-electron chi connectivity index (χ1n) is 6.76. The highest BCUT2D eigenvalue weighted by molar-refractivity contribution is 5.88. The molecule has 2 nitrogen and oxygen atoms in total. The molecule has 3 heteroatoms. The van der Waals surface area contributed by atoms with Gasteiger partial charge < -0.3 is 10.5 Å². The molecular formula is C18H18ClNO. The van der Waals surface area contributed by atoms with Crippen LogP contribution in [0.15, 0.2) is 72.8 Å². The summed E-state index contributed by atoms with van der Waals surface area (Å²) >= 11 is 0.